The fourth-order valence-corrected chi connectivity index (χ4v) is 2.17. The number of aryl methyl sites for hydroxylation is 1. The Morgan fingerprint density at radius 2 is 2.24 bits per heavy atom. The second kappa shape index (κ2) is 5.27. The van der Waals surface area contributed by atoms with Crippen LogP contribution >= 0.6 is 11.8 Å². The Bertz CT molecular complexity index is 493. The average Bonchev–Trinajstić information content (AvgIpc) is 2.76. The van der Waals surface area contributed by atoms with Gasteiger partial charge in [0, 0.05) is 29.4 Å². The molecule has 90 valence electrons. The number of aromatic nitrogens is 2. The molecule has 2 aromatic rings. The molecule has 1 aromatic heterocycles. The van der Waals surface area contributed by atoms with E-state index >= 15 is 0 Å². The first-order valence-electron chi connectivity index (χ1n) is 5.58. The van der Waals surface area contributed by atoms with Crippen molar-refractivity contribution in [3.05, 3.63) is 42.2 Å². The standard InChI is InChI=1S/C13H17N3S/c1-10(11-8-14-16(2)9-11)15-12-5-4-6-13(7-12)17-3/h4-10,15H,1-3H3. The van der Waals surface area contributed by atoms with Crippen LogP contribution in [0, 0.1) is 0 Å². The van der Waals surface area contributed by atoms with E-state index in [0.717, 1.165) is 5.69 Å². The SMILES string of the molecule is CSc1cccc(NC(C)c2cnn(C)c2)c1. The topological polar surface area (TPSA) is 29.9 Å². The Balaban J connectivity index is 2.09. The lowest BCUT2D eigenvalue weighted by Crippen LogP contribution is -2.05. The van der Waals surface area contributed by atoms with E-state index in [0.29, 0.717) is 0 Å². The molecule has 0 aliphatic carbocycles. The fraction of sp³-hybridized carbons (Fsp3) is 0.308. The Hall–Kier alpha value is -1.42. The van der Waals surface area contributed by atoms with Crippen LogP contribution in [-0.4, -0.2) is 16.0 Å². The number of thioether (sulfide) groups is 1. The number of nitrogens with zero attached hydrogens (tertiary/aromatic N) is 2. The number of nitrogens with one attached hydrogen (secondary N) is 1. The highest BCUT2D eigenvalue weighted by Gasteiger charge is 2.07. The van der Waals surface area contributed by atoms with E-state index in [1.807, 2.05) is 24.1 Å². The van der Waals surface area contributed by atoms with Crippen molar-refractivity contribution in [2.45, 2.75) is 17.9 Å². The zero-order valence-corrected chi connectivity index (χ0v) is 11.2. The minimum absolute atomic E-state index is 0.265. The van der Waals surface area contributed by atoms with Crippen molar-refractivity contribution in [1.29, 1.82) is 0 Å². The predicted octanol–water partition coefficient (Wildman–Crippen LogP) is 3.32. The van der Waals surface area contributed by atoms with E-state index in [1.54, 1.807) is 11.8 Å². The summed E-state index contributed by atoms with van der Waals surface area (Å²) in [5.74, 6) is 0. The van der Waals surface area contributed by atoms with Crippen molar-refractivity contribution >= 4 is 17.4 Å². The molecule has 0 aliphatic heterocycles. The first-order valence-corrected chi connectivity index (χ1v) is 6.80. The van der Waals surface area contributed by atoms with Gasteiger partial charge in [0.2, 0.25) is 0 Å². The lowest BCUT2D eigenvalue weighted by atomic mass is 10.2. The largest absolute Gasteiger partial charge is 0.378 e. The lowest BCUT2D eigenvalue weighted by Gasteiger charge is -2.14. The highest BCUT2D eigenvalue weighted by atomic mass is 32.2. The fourth-order valence-electron chi connectivity index (χ4n) is 1.71. The summed E-state index contributed by atoms with van der Waals surface area (Å²) in [6, 6.07) is 8.71. The summed E-state index contributed by atoms with van der Waals surface area (Å²) < 4.78 is 1.83. The number of hydrogen-bond donors (Lipinski definition) is 1. The van der Waals surface area contributed by atoms with Crippen molar-refractivity contribution in [3.63, 3.8) is 0 Å². The van der Waals surface area contributed by atoms with Crippen molar-refractivity contribution < 1.29 is 0 Å². The van der Waals surface area contributed by atoms with Gasteiger partial charge in [-0.05, 0) is 31.4 Å². The summed E-state index contributed by atoms with van der Waals surface area (Å²) >= 11 is 1.75. The molecule has 0 spiro atoms. The molecular weight excluding hydrogens is 230 g/mol. The minimum Gasteiger partial charge on any atom is -0.378 e. The van der Waals surface area contributed by atoms with Crippen LogP contribution in [0.25, 0.3) is 0 Å². The van der Waals surface area contributed by atoms with Gasteiger partial charge in [-0.3, -0.25) is 4.68 Å². The molecular formula is C13H17N3S. The molecule has 0 saturated carbocycles. The zero-order chi connectivity index (χ0) is 12.3. The summed E-state index contributed by atoms with van der Waals surface area (Å²) in [6.45, 7) is 2.14. The third kappa shape index (κ3) is 3.03. The second-order valence-electron chi connectivity index (χ2n) is 4.05. The molecule has 1 heterocycles. The van der Waals surface area contributed by atoms with Crippen LogP contribution in [0.15, 0.2) is 41.6 Å². The van der Waals surface area contributed by atoms with Crippen LogP contribution in [0.1, 0.15) is 18.5 Å². The van der Waals surface area contributed by atoms with Gasteiger partial charge in [-0.2, -0.15) is 5.10 Å². The normalized spacial score (nSPS) is 12.4. The van der Waals surface area contributed by atoms with Crippen molar-refractivity contribution in [2.24, 2.45) is 7.05 Å². The van der Waals surface area contributed by atoms with Gasteiger partial charge in [0.1, 0.15) is 0 Å². The Morgan fingerprint density at radius 3 is 2.88 bits per heavy atom. The highest BCUT2D eigenvalue weighted by molar-refractivity contribution is 7.98. The van der Waals surface area contributed by atoms with E-state index < -0.39 is 0 Å². The van der Waals surface area contributed by atoms with E-state index in [-0.39, 0.29) is 6.04 Å². The molecule has 1 atom stereocenters. The molecule has 0 fully saturated rings. The number of anilines is 1. The van der Waals surface area contributed by atoms with Crippen LogP contribution in [-0.2, 0) is 7.05 Å². The number of rotatable bonds is 4. The maximum absolute atomic E-state index is 4.19. The third-order valence-corrected chi connectivity index (χ3v) is 3.40. The first kappa shape index (κ1) is 12.0. The molecule has 0 amide bonds. The van der Waals surface area contributed by atoms with Gasteiger partial charge >= 0.3 is 0 Å². The van der Waals surface area contributed by atoms with Gasteiger partial charge < -0.3 is 5.32 Å². The number of hydrogen-bond acceptors (Lipinski definition) is 3. The Labute approximate surface area is 106 Å². The molecule has 0 radical (unpaired) electrons. The van der Waals surface area contributed by atoms with Gasteiger partial charge in [-0.1, -0.05) is 6.07 Å². The Morgan fingerprint density at radius 1 is 1.41 bits per heavy atom. The minimum atomic E-state index is 0.265. The van der Waals surface area contributed by atoms with Crippen LogP contribution in [0.4, 0.5) is 5.69 Å². The third-order valence-electron chi connectivity index (χ3n) is 2.68. The molecule has 17 heavy (non-hydrogen) atoms. The highest BCUT2D eigenvalue weighted by Crippen LogP contribution is 2.23. The summed E-state index contributed by atoms with van der Waals surface area (Å²) in [4.78, 5) is 1.27. The van der Waals surface area contributed by atoms with Gasteiger partial charge in [0.25, 0.3) is 0 Å². The van der Waals surface area contributed by atoms with Crippen molar-refractivity contribution in [2.75, 3.05) is 11.6 Å². The van der Waals surface area contributed by atoms with Gasteiger partial charge in [0.05, 0.1) is 12.2 Å². The summed E-state index contributed by atoms with van der Waals surface area (Å²) in [5.41, 5.74) is 2.34. The Kier molecular flexibility index (Phi) is 3.74. The quantitative estimate of drug-likeness (QED) is 0.841. The first-order chi connectivity index (χ1) is 8.19. The molecule has 3 nitrogen and oxygen atoms in total. The summed E-state index contributed by atoms with van der Waals surface area (Å²) in [7, 11) is 1.94. The summed E-state index contributed by atoms with van der Waals surface area (Å²) in [6.07, 6.45) is 6.02. The molecule has 1 unspecified atom stereocenters. The van der Waals surface area contributed by atoms with E-state index in [2.05, 4.69) is 47.9 Å². The second-order valence-corrected chi connectivity index (χ2v) is 4.92. The molecule has 0 bridgehead atoms. The average molecular weight is 247 g/mol. The van der Waals surface area contributed by atoms with Crippen LogP contribution in [0.5, 0.6) is 0 Å². The smallest absolute Gasteiger partial charge is 0.0542 e. The van der Waals surface area contributed by atoms with Crippen molar-refractivity contribution in [1.82, 2.24) is 9.78 Å². The summed E-state index contributed by atoms with van der Waals surface area (Å²) in [5, 5.41) is 7.67. The van der Waals surface area contributed by atoms with E-state index in [4.69, 9.17) is 0 Å². The monoisotopic (exact) mass is 247 g/mol. The molecule has 2 rings (SSSR count). The predicted molar refractivity (Wildman–Crippen MR) is 73.5 cm³/mol. The van der Waals surface area contributed by atoms with Crippen molar-refractivity contribution in [3.8, 4) is 0 Å². The maximum atomic E-state index is 4.19. The van der Waals surface area contributed by atoms with Crippen LogP contribution in [0.3, 0.4) is 0 Å². The molecule has 1 N–H and O–H groups in total. The van der Waals surface area contributed by atoms with Crippen LogP contribution < -0.4 is 5.32 Å². The van der Waals surface area contributed by atoms with E-state index in [1.165, 1.54) is 10.5 Å². The number of benzene rings is 1. The van der Waals surface area contributed by atoms with Gasteiger partial charge in [0.15, 0.2) is 0 Å². The maximum Gasteiger partial charge on any atom is 0.0542 e. The van der Waals surface area contributed by atoms with Gasteiger partial charge in [-0.15, -0.1) is 11.8 Å². The zero-order valence-electron chi connectivity index (χ0n) is 10.3. The van der Waals surface area contributed by atoms with Crippen LogP contribution in [0.2, 0.25) is 0 Å². The molecule has 0 saturated heterocycles. The molecule has 0 aliphatic rings. The molecule has 4 heteroatoms. The van der Waals surface area contributed by atoms with E-state index in [9.17, 15) is 0 Å². The lowest BCUT2D eigenvalue weighted by molar-refractivity contribution is 0.765. The van der Waals surface area contributed by atoms with Gasteiger partial charge in [-0.25, -0.2) is 0 Å². The molecule has 1 aromatic carbocycles.